The van der Waals surface area contributed by atoms with Crippen molar-refractivity contribution in [3.8, 4) is 0 Å². The van der Waals surface area contributed by atoms with Crippen LogP contribution >= 0.6 is 22.6 Å². The molecular formula is C12H13IN4O. The van der Waals surface area contributed by atoms with Crippen LogP contribution in [0.2, 0.25) is 0 Å². The predicted octanol–water partition coefficient (Wildman–Crippen LogP) is 1.79. The van der Waals surface area contributed by atoms with Gasteiger partial charge in [-0.1, -0.05) is 18.2 Å². The SMILES string of the molecule is Nc1nc(I)cc(N(CCO)c2ccccc2)n1. The Balaban J connectivity index is 2.41. The molecule has 0 bridgehead atoms. The van der Waals surface area contributed by atoms with Gasteiger partial charge in [0.25, 0.3) is 0 Å². The van der Waals surface area contributed by atoms with E-state index in [9.17, 15) is 5.11 Å². The molecule has 0 spiro atoms. The van der Waals surface area contributed by atoms with E-state index in [1.165, 1.54) is 0 Å². The van der Waals surface area contributed by atoms with E-state index < -0.39 is 0 Å². The van der Waals surface area contributed by atoms with Crippen molar-refractivity contribution in [2.45, 2.75) is 0 Å². The number of halogens is 1. The van der Waals surface area contributed by atoms with Crippen molar-refractivity contribution < 1.29 is 5.11 Å². The predicted molar refractivity (Wildman–Crippen MR) is 79.7 cm³/mol. The van der Waals surface area contributed by atoms with Crippen LogP contribution in [0.4, 0.5) is 17.5 Å². The van der Waals surface area contributed by atoms with Crippen molar-refractivity contribution in [1.29, 1.82) is 0 Å². The maximum absolute atomic E-state index is 9.18. The summed E-state index contributed by atoms with van der Waals surface area (Å²) in [6, 6.07) is 11.6. The number of rotatable bonds is 4. The van der Waals surface area contributed by atoms with Crippen molar-refractivity contribution in [1.82, 2.24) is 9.97 Å². The molecule has 2 aromatic rings. The van der Waals surface area contributed by atoms with Gasteiger partial charge in [-0.2, -0.15) is 4.98 Å². The van der Waals surface area contributed by atoms with Crippen molar-refractivity contribution in [3.63, 3.8) is 0 Å². The van der Waals surface area contributed by atoms with Crippen LogP contribution in [0.1, 0.15) is 0 Å². The number of aromatic nitrogens is 2. The number of aliphatic hydroxyl groups excluding tert-OH is 1. The third-order valence-corrected chi connectivity index (χ3v) is 2.92. The third kappa shape index (κ3) is 3.08. The van der Waals surface area contributed by atoms with Gasteiger partial charge in [0.05, 0.1) is 6.61 Å². The molecule has 0 aliphatic rings. The van der Waals surface area contributed by atoms with Gasteiger partial charge >= 0.3 is 0 Å². The van der Waals surface area contributed by atoms with Gasteiger partial charge in [0.15, 0.2) is 0 Å². The van der Waals surface area contributed by atoms with E-state index in [-0.39, 0.29) is 12.6 Å². The van der Waals surface area contributed by atoms with Crippen molar-refractivity contribution in [2.24, 2.45) is 0 Å². The molecule has 5 nitrogen and oxygen atoms in total. The lowest BCUT2D eigenvalue weighted by Crippen LogP contribution is -2.22. The minimum atomic E-state index is 0.0371. The monoisotopic (exact) mass is 356 g/mol. The first-order valence-electron chi connectivity index (χ1n) is 5.44. The second kappa shape index (κ2) is 5.96. The summed E-state index contributed by atoms with van der Waals surface area (Å²) in [7, 11) is 0. The highest BCUT2D eigenvalue weighted by Crippen LogP contribution is 2.24. The highest BCUT2D eigenvalue weighted by Gasteiger charge is 2.11. The number of nitrogens with two attached hydrogens (primary N) is 1. The summed E-state index contributed by atoms with van der Waals surface area (Å²) in [4.78, 5) is 10.1. The Morgan fingerprint density at radius 1 is 1.22 bits per heavy atom. The topological polar surface area (TPSA) is 75.3 Å². The van der Waals surface area contributed by atoms with Crippen LogP contribution < -0.4 is 10.6 Å². The molecule has 1 aromatic heterocycles. The first-order valence-corrected chi connectivity index (χ1v) is 6.52. The van der Waals surface area contributed by atoms with Crippen LogP contribution in [0, 0.1) is 3.70 Å². The smallest absolute Gasteiger partial charge is 0.222 e. The standard InChI is InChI=1S/C12H13IN4O/c13-10-8-11(16-12(14)15-10)17(6-7-18)9-4-2-1-3-5-9/h1-5,8,18H,6-7H2,(H2,14,15,16). The third-order valence-electron chi connectivity index (χ3n) is 2.37. The van der Waals surface area contributed by atoms with Gasteiger partial charge < -0.3 is 15.7 Å². The molecule has 0 fully saturated rings. The fraction of sp³-hybridized carbons (Fsp3) is 0.167. The molecule has 0 amide bonds. The Kier molecular flexibility index (Phi) is 4.32. The molecule has 1 aromatic carbocycles. The lowest BCUT2D eigenvalue weighted by Gasteiger charge is -2.23. The highest BCUT2D eigenvalue weighted by atomic mass is 127. The van der Waals surface area contributed by atoms with Crippen LogP contribution in [0.25, 0.3) is 0 Å². The van der Waals surface area contributed by atoms with E-state index >= 15 is 0 Å². The van der Waals surface area contributed by atoms with Crippen LogP contribution in [0.15, 0.2) is 36.4 Å². The van der Waals surface area contributed by atoms with Gasteiger partial charge in [0, 0.05) is 18.3 Å². The number of benzene rings is 1. The fourth-order valence-corrected chi connectivity index (χ4v) is 2.17. The van der Waals surface area contributed by atoms with Crippen LogP contribution in [-0.4, -0.2) is 28.2 Å². The number of hydrogen-bond acceptors (Lipinski definition) is 5. The average molecular weight is 356 g/mol. The minimum absolute atomic E-state index is 0.0371. The molecule has 0 unspecified atom stereocenters. The van der Waals surface area contributed by atoms with Gasteiger partial charge in [-0.25, -0.2) is 4.98 Å². The summed E-state index contributed by atoms with van der Waals surface area (Å²) in [6.07, 6.45) is 0. The van der Waals surface area contributed by atoms with Crippen LogP contribution in [-0.2, 0) is 0 Å². The zero-order chi connectivity index (χ0) is 13.0. The second-order valence-corrected chi connectivity index (χ2v) is 4.72. The van der Waals surface area contributed by atoms with Gasteiger partial charge in [-0.05, 0) is 34.7 Å². The summed E-state index contributed by atoms with van der Waals surface area (Å²) in [5, 5.41) is 9.18. The number of hydrogen-bond donors (Lipinski definition) is 2. The lowest BCUT2D eigenvalue weighted by molar-refractivity contribution is 0.305. The molecule has 3 N–H and O–H groups in total. The Hall–Kier alpha value is -1.41. The summed E-state index contributed by atoms with van der Waals surface area (Å²) in [6.45, 7) is 0.492. The summed E-state index contributed by atoms with van der Waals surface area (Å²) >= 11 is 2.09. The molecule has 0 aliphatic carbocycles. The van der Waals surface area contributed by atoms with Crippen molar-refractivity contribution in [3.05, 3.63) is 40.1 Å². The fourth-order valence-electron chi connectivity index (χ4n) is 1.65. The van der Waals surface area contributed by atoms with Crippen molar-refractivity contribution >= 4 is 40.0 Å². The van der Waals surface area contributed by atoms with Crippen LogP contribution in [0.3, 0.4) is 0 Å². The minimum Gasteiger partial charge on any atom is -0.395 e. The van der Waals surface area contributed by atoms with E-state index in [1.54, 1.807) is 0 Å². The van der Waals surface area contributed by atoms with Gasteiger partial charge in [-0.15, -0.1) is 0 Å². The maximum atomic E-state index is 9.18. The van der Waals surface area contributed by atoms with Crippen molar-refractivity contribution in [2.75, 3.05) is 23.8 Å². The quantitative estimate of drug-likeness (QED) is 0.646. The summed E-state index contributed by atoms with van der Waals surface area (Å²) in [5.41, 5.74) is 6.61. The molecule has 2 rings (SSSR count). The van der Waals surface area contributed by atoms with E-state index in [0.717, 1.165) is 9.39 Å². The Morgan fingerprint density at radius 2 is 1.94 bits per heavy atom. The number of para-hydroxylation sites is 1. The molecule has 0 aliphatic heterocycles. The van der Waals surface area contributed by atoms with E-state index in [0.29, 0.717) is 12.4 Å². The van der Waals surface area contributed by atoms with Gasteiger partial charge in [0.2, 0.25) is 5.95 Å². The maximum Gasteiger partial charge on any atom is 0.222 e. The molecule has 94 valence electrons. The van der Waals surface area contributed by atoms with Crippen LogP contribution in [0.5, 0.6) is 0 Å². The largest absolute Gasteiger partial charge is 0.395 e. The average Bonchev–Trinajstić information content (AvgIpc) is 2.36. The number of nitrogen functional groups attached to an aromatic ring is 1. The Labute approximate surface area is 119 Å². The lowest BCUT2D eigenvalue weighted by atomic mass is 10.3. The molecular weight excluding hydrogens is 343 g/mol. The second-order valence-electron chi connectivity index (χ2n) is 3.62. The number of aliphatic hydroxyl groups is 1. The summed E-state index contributed by atoms with van der Waals surface area (Å²) in [5.74, 6) is 0.919. The first kappa shape index (κ1) is 13.0. The van der Waals surface area contributed by atoms with Gasteiger partial charge in [-0.3, -0.25) is 0 Å². The highest BCUT2D eigenvalue weighted by molar-refractivity contribution is 14.1. The molecule has 0 saturated carbocycles. The van der Waals surface area contributed by atoms with E-state index in [4.69, 9.17) is 5.73 Å². The number of nitrogens with zero attached hydrogens (tertiary/aromatic N) is 3. The van der Waals surface area contributed by atoms with E-state index in [1.807, 2.05) is 41.3 Å². The van der Waals surface area contributed by atoms with E-state index in [2.05, 4.69) is 32.6 Å². The normalized spacial score (nSPS) is 10.3. The first-order chi connectivity index (χ1) is 8.70. The molecule has 6 heteroatoms. The Bertz CT molecular complexity index is 500. The molecule has 0 atom stereocenters. The zero-order valence-corrected chi connectivity index (χ0v) is 11.8. The molecule has 0 saturated heterocycles. The molecule has 1 heterocycles. The number of anilines is 3. The Morgan fingerprint density at radius 3 is 2.56 bits per heavy atom. The molecule has 0 radical (unpaired) electrons. The van der Waals surface area contributed by atoms with Gasteiger partial charge in [0.1, 0.15) is 9.52 Å². The zero-order valence-electron chi connectivity index (χ0n) is 9.62. The summed E-state index contributed by atoms with van der Waals surface area (Å²) < 4.78 is 0.772. The molecule has 18 heavy (non-hydrogen) atoms.